The Morgan fingerprint density at radius 3 is 2.67 bits per heavy atom. The monoisotopic (exact) mass is 210 g/mol. The van der Waals surface area contributed by atoms with Crippen molar-refractivity contribution in [2.75, 3.05) is 12.5 Å². The van der Waals surface area contributed by atoms with E-state index in [4.69, 9.17) is 28.7 Å². The van der Waals surface area contributed by atoms with Crippen LogP contribution in [0, 0.1) is 0 Å². The Morgan fingerprint density at radius 2 is 2.33 bits per heavy atom. The molecule has 0 bridgehead atoms. The number of rotatable bonds is 4. The smallest absolute Gasteiger partial charge is 0.418 e. The third-order valence-electron chi connectivity index (χ3n) is 1.02. The van der Waals surface area contributed by atoms with E-state index < -0.39 is 11.3 Å². The van der Waals surface area contributed by atoms with Crippen LogP contribution in [0.3, 0.4) is 0 Å². The molecule has 0 saturated carbocycles. The lowest BCUT2D eigenvalue weighted by Crippen LogP contribution is -2.28. The molecule has 4 nitrogen and oxygen atoms in total. The van der Waals surface area contributed by atoms with Crippen molar-refractivity contribution in [3.8, 4) is 0 Å². The minimum Gasteiger partial charge on any atom is -0.457 e. The number of carbonyl (C=O) groups is 1. The molecule has 0 heterocycles. The standard InChI is InChI=1S/C6H8Cl2N2O2/c1-2-12-6(11)5(10-9)4(8)3-7/h4H,2-3H2,1H3. The normalized spacial score (nSPS) is 11.6. The number of hydrogen-bond donors (Lipinski definition) is 0. The van der Waals surface area contributed by atoms with Crippen molar-refractivity contribution in [1.82, 2.24) is 0 Å². The van der Waals surface area contributed by atoms with Crippen LogP contribution in [0.25, 0.3) is 5.53 Å². The summed E-state index contributed by atoms with van der Waals surface area (Å²) in [5.41, 5.74) is 8.10. The summed E-state index contributed by atoms with van der Waals surface area (Å²) < 4.78 is 4.55. The molecule has 0 radical (unpaired) electrons. The van der Waals surface area contributed by atoms with E-state index >= 15 is 0 Å². The van der Waals surface area contributed by atoms with Gasteiger partial charge in [0.1, 0.15) is 0 Å². The second-order valence-electron chi connectivity index (χ2n) is 1.83. The van der Waals surface area contributed by atoms with Crippen LogP contribution >= 0.6 is 23.2 Å². The van der Waals surface area contributed by atoms with E-state index in [1.807, 2.05) is 0 Å². The van der Waals surface area contributed by atoms with Crippen LogP contribution in [0.2, 0.25) is 0 Å². The van der Waals surface area contributed by atoms with E-state index in [1.165, 1.54) is 0 Å². The van der Waals surface area contributed by atoms with Gasteiger partial charge in [-0.2, -0.15) is 4.79 Å². The van der Waals surface area contributed by atoms with E-state index in [9.17, 15) is 4.79 Å². The summed E-state index contributed by atoms with van der Waals surface area (Å²) in [4.78, 5) is 13.6. The van der Waals surface area contributed by atoms with Crippen molar-refractivity contribution >= 4 is 34.9 Å². The topological polar surface area (TPSA) is 62.7 Å². The van der Waals surface area contributed by atoms with Gasteiger partial charge < -0.3 is 10.3 Å². The van der Waals surface area contributed by atoms with Crippen molar-refractivity contribution < 1.29 is 14.3 Å². The molecule has 0 saturated heterocycles. The molecule has 0 aromatic carbocycles. The highest BCUT2D eigenvalue weighted by atomic mass is 35.5. The minimum absolute atomic E-state index is 0.0141. The lowest BCUT2D eigenvalue weighted by molar-refractivity contribution is -0.140. The molecule has 0 aliphatic heterocycles. The van der Waals surface area contributed by atoms with Crippen LogP contribution in [0.5, 0.6) is 0 Å². The first kappa shape index (κ1) is 11.4. The maximum atomic E-state index is 10.9. The highest BCUT2D eigenvalue weighted by Gasteiger charge is 2.30. The Hall–Kier alpha value is -0.570. The largest absolute Gasteiger partial charge is 0.457 e. The molecule has 0 N–H and O–H groups in total. The Balaban J connectivity index is 4.37. The Morgan fingerprint density at radius 1 is 1.75 bits per heavy atom. The van der Waals surface area contributed by atoms with Gasteiger partial charge in [0.15, 0.2) is 5.38 Å². The molecular formula is C6H8Cl2N2O2. The number of esters is 1. The zero-order valence-electron chi connectivity index (χ0n) is 6.46. The first-order valence-electron chi connectivity index (χ1n) is 3.26. The van der Waals surface area contributed by atoms with Crippen LogP contribution in [0.15, 0.2) is 0 Å². The maximum absolute atomic E-state index is 10.9. The summed E-state index contributed by atoms with van der Waals surface area (Å²) in [5, 5.41) is -0.823. The van der Waals surface area contributed by atoms with Gasteiger partial charge in [0.2, 0.25) is 0 Å². The van der Waals surface area contributed by atoms with Gasteiger partial charge in [0.05, 0.1) is 12.5 Å². The number of ether oxygens (including phenoxy) is 1. The third-order valence-corrected chi connectivity index (χ3v) is 1.85. The maximum Gasteiger partial charge on any atom is 0.418 e. The molecule has 0 fully saturated rings. The summed E-state index contributed by atoms with van der Waals surface area (Å²) >= 11 is 10.9. The van der Waals surface area contributed by atoms with Crippen molar-refractivity contribution in [2.24, 2.45) is 0 Å². The van der Waals surface area contributed by atoms with Crippen LogP contribution in [0.1, 0.15) is 6.92 Å². The lowest BCUT2D eigenvalue weighted by atomic mass is 10.3. The molecule has 0 rings (SSSR count). The number of nitrogens with zero attached hydrogens (tertiary/aromatic N) is 2. The fourth-order valence-corrected chi connectivity index (χ4v) is 0.788. The summed E-state index contributed by atoms with van der Waals surface area (Å²) in [7, 11) is 0. The quantitative estimate of drug-likeness (QED) is 0.229. The first-order valence-corrected chi connectivity index (χ1v) is 4.23. The Kier molecular flexibility index (Phi) is 5.72. The summed E-state index contributed by atoms with van der Waals surface area (Å²) in [6.07, 6.45) is 0. The predicted octanol–water partition coefficient (Wildman–Crippen LogP) is 1.07. The SMILES string of the molecule is CCOC(=O)C(=[N+]=[N-])C(Cl)CCl. The van der Waals surface area contributed by atoms with Crippen molar-refractivity contribution in [3.05, 3.63) is 5.53 Å². The predicted molar refractivity (Wildman–Crippen MR) is 45.6 cm³/mol. The number of alkyl halides is 2. The summed E-state index contributed by atoms with van der Waals surface area (Å²) in [5.74, 6) is -0.764. The van der Waals surface area contributed by atoms with Crippen molar-refractivity contribution in [3.63, 3.8) is 0 Å². The van der Waals surface area contributed by atoms with E-state index in [0.717, 1.165) is 0 Å². The zero-order chi connectivity index (χ0) is 9.56. The second kappa shape index (κ2) is 6.00. The second-order valence-corrected chi connectivity index (χ2v) is 2.66. The van der Waals surface area contributed by atoms with Crippen molar-refractivity contribution in [1.29, 1.82) is 0 Å². The molecule has 68 valence electrons. The molecule has 0 aromatic heterocycles. The van der Waals surface area contributed by atoms with Crippen LogP contribution < -0.4 is 0 Å². The summed E-state index contributed by atoms with van der Waals surface area (Å²) in [6, 6.07) is 0. The molecule has 0 amide bonds. The number of carbonyl (C=O) groups excluding carboxylic acids is 1. The zero-order valence-corrected chi connectivity index (χ0v) is 7.97. The van der Waals surface area contributed by atoms with Gasteiger partial charge in [-0.15, -0.1) is 23.2 Å². The van der Waals surface area contributed by atoms with Gasteiger partial charge in [0.25, 0.3) is 0 Å². The molecule has 1 unspecified atom stereocenters. The highest BCUT2D eigenvalue weighted by molar-refractivity contribution is 6.50. The Labute approximate surface area is 80.0 Å². The van der Waals surface area contributed by atoms with Crippen LogP contribution in [-0.4, -0.2) is 34.3 Å². The fraction of sp³-hybridized carbons (Fsp3) is 0.667. The first-order chi connectivity index (χ1) is 5.67. The molecule has 1 atom stereocenters. The highest BCUT2D eigenvalue weighted by Crippen LogP contribution is 2.01. The molecule has 6 heteroatoms. The minimum atomic E-state index is -0.823. The van der Waals surface area contributed by atoms with E-state index in [-0.39, 0.29) is 18.2 Å². The molecule has 0 aliphatic carbocycles. The van der Waals surface area contributed by atoms with E-state index in [2.05, 4.69) is 9.53 Å². The average molecular weight is 211 g/mol. The molecule has 0 aromatic rings. The molecule has 0 spiro atoms. The fourth-order valence-electron chi connectivity index (χ4n) is 0.509. The van der Waals surface area contributed by atoms with Gasteiger partial charge in [0, 0.05) is 0 Å². The van der Waals surface area contributed by atoms with Gasteiger partial charge in [-0.05, 0) is 6.92 Å². The van der Waals surface area contributed by atoms with Crippen LogP contribution in [-0.2, 0) is 9.53 Å². The van der Waals surface area contributed by atoms with Gasteiger partial charge in [-0.25, -0.2) is 4.79 Å². The molecule has 0 aliphatic rings. The number of halogens is 2. The number of hydrogen-bond acceptors (Lipinski definition) is 2. The Bertz CT molecular complexity index is 214. The average Bonchev–Trinajstić information content (AvgIpc) is 2.06. The molecule has 12 heavy (non-hydrogen) atoms. The van der Waals surface area contributed by atoms with Crippen LogP contribution in [0.4, 0.5) is 0 Å². The molecular weight excluding hydrogens is 203 g/mol. The van der Waals surface area contributed by atoms with E-state index in [1.54, 1.807) is 6.92 Å². The third kappa shape index (κ3) is 3.22. The van der Waals surface area contributed by atoms with Gasteiger partial charge >= 0.3 is 11.7 Å². The van der Waals surface area contributed by atoms with Gasteiger partial charge in [-0.3, -0.25) is 0 Å². The van der Waals surface area contributed by atoms with Gasteiger partial charge in [-0.1, -0.05) is 0 Å². The van der Waals surface area contributed by atoms with Crippen molar-refractivity contribution in [2.45, 2.75) is 12.3 Å². The van der Waals surface area contributed by atoms with E-state index in [0.29, 0.717) is 0 Å². The summed E-state index contributed by atoms with van der Waals surface area (Å²) in [6.45, 7) is 1.83. The lowest BCUT2D eigenvalue weighted by Gasteiger charge is -1.99.